The van der Waals surface area contributed by atoms with Crippen LogP contribution >= 0.6 is 0 Å². The van der Waals surface area contributed by atoms with Crippen molar-refractivity contribution in [2.75, 3.05) is 5.73 Å². The number of H-pyrrole nitrogens is 2. The minimum atomic E-state index is -2.05. The molecule has 192 valence electrons. The van der Waals surface area contributed by atoms with Gasteiger partial charge >= 0.3 is 11.9 Å². The van der Waals surface area contributed by atoms with Gasteiger partial charge < -0.3 is 15.2 Å². The van der Waals surface area contributed by atoms with E-state index in [9.17, 15) is 45.5 Å². The lowest BCUT2D eigenvalue weighted by Crippen LogP contribution is -2.27. The molecule has 3 aromatic carbocycles. The van der Waals surface area contributed by atoms with Gasteiger partial charge in [0.25, 0.3) is 11.1 Å². The fourth-order valence-corrected chi connectivity index (χ4v) is 2.78. The van der Waals surface area contributed by atoms with Gasteiger partial charge in [-0.1, -0.05) is 6.07 Å². The SMILES string of the molecule is Nc1cccc2c(=O)[nH][nH]c(=O)c12.O=C(Oc1c(F)cc(F)cc1F)C(=O)Oc1c(F)cc(F)cc1F. The molecule has 0 amide bonds. The van der Waals surface area contributed by atoms with Gasteiger partial charge in [0.05, 0.1) is 10.8 Å². The number of carbonyl (C=O) groups is 2. The molecule has 4 N–H and O–H groups in total. The highest BCUT2D eigenvalue weighted by atomic mass is 19.2. The summed E-state index contributed by atoms with van der Waals surface area (Å²) in [6.07, 6.45) is 0. The van der Waals surface area contributed by atoms with Crippen molar-refractivity contribution in [3.8, 4) is 11.5 Å². The number of carbonyl (C=O) groups excluding carboxylic acids is 2. The molecule has 0 bridgehead atoms. The lowest BCUT2D eigenvalue weighted by molar-refractivity contribution is -0.156. The minimum absolute atomic E-state index is 0.163. The van der Waals surface area contributed by atoms with Gasteiger partial charge in [0, 0.05) is 30.0 Å². The molecule has 0 aliphatic carbocycles. The van der Waals surface area contributed by atoms with Crippen LogP contribution in [-0.2, 0) is 9.59 Å². The van der Waals surface area contributed by atoms with Crippen LogP contribution in [0.15, 0.2) is 52.1 Å². The van der Waals surface area contributed by atoms with E-state index >= 15 is 0 Å². The molecule has 1 aromatic heterocycles. The fourth-order valence-electron chi connectivity index (χ4n) is 2.78. The van der Waals surface area contributed by atoms with E-state index in [1.165, 1.54) is 0 Å². The predicted molar refractivity (Wildman–Crippen MR) is 114 cm³/mol. The van der Waals surface area contributed by atoms with Crippen molar-refractivity contribution < 1.29 is 45.4 Å². The molecule has 0 radical (unpaired) electrons. The largest absolute Gasteiger partial charge is 0.423 e. The Hall–Kier alpha value is -5.08. The van der Waals surface area contributed by atoms with Crippen molar-refractivity contribution in [1.82, 2.24) is 10.2 Å². The van der Waals surface area contributed by atoms with E-state index in [1.807, 2.05) is 0 Å². The lowest BCUT2D eigenvalue weighted by atomic mass is 10.2. The zero-order valence-electron chi connectivity index (χ0n) is 17.8. The number of aromatic nitrogens is 2. The van der Waals surface area contributed by atoms with E-state index < -0.39 is 58.3 Å². The second kappa shape index (κ2) is 10.7. The van der Waals surface area contributed by atoms with Gasteiger partial charge in [-0.25, -0.2) is 35.9 Å². The molecule has 0 fully saturated rings. The molecule has 0 atom stereocenters. The number of rotatable bonds is 2. The Morgan fingerprint density at radius 3 is 1.49 bits per heavy atom. The summed E-state index contributed by atoms with van der Waals surface area (Å²) in [5, 5.41) is 4.98. The van der Waals surface area contributed by atoms with Crippen LogP contribution in [0.3, 0.4) is 0 Å². The molecular weight excluding hydrogens is 516 g/mol. The first-order chi connectivity index (χ1) is 17.4. The van der Waals surface area contributed by atoms with Crippen LogP contribution in [0.4, 0.5) is 32.0 Å². The summed E-state index contributed by atoms with van der Waals surface area (Å²) in [5.74, 6) is -16.2. The Morgan fingerprint density at radius 1 is 0.676 bits per heavy atom. The first-order valence-corrected chi connectivity index (χ1v) is 9.61. The van der Waals surface area contributed by atoms with Crippen LogP contribution in [0, 0.1) is 34.9 Å². The van der Waals surface area contributed by atoms with E-state index in [0.29, 0.717) is 11.1 Å². The van der Waals surface area contributed by atoms with Crippen molar-refractivity contribution in [2.45, 2.75) is 0 Å². The summed E-state index contributed by atoms with van der Waals surface area (Å²) in [7, 11) is 0. The number of nitrogen functional groups attached to an aromatic ring is 1. The number of nitrogens with two attached hydrogens (primary N) is 1. The molecule has 0 saturated carbocycles. The molecular formula is C22H11F6N3O6. The van der Waals surface area contributed by atoms with E-state index in [4.69, 9.17) is 5.73 Å². The van der Waals surface area contributed by atoms with Crippen LogP contribution in [-0.4, -0.2) is 22.1 Å². The molecule has 37 heavy (non-hydrogen) atoms. The van der Waals surface area contributed by atoms with Gasteiger partial charge in [0.1, 0.15) is 11.6 Å². The molecule has 15 heteroatoms. The standard InChI is InChI=1S/C14H4F6O4.C8H7N3O2/c15-5-1-7(17)11(8(18)2-5)23-13(21)14(22)24-12-9(19)3-6(16)4-10(12)20;9-5-3-1-2-4-6(5)8(13)11-10-7(4)12/h1-4H;1-3H,9H2,(H,10,12)(H,11,13). The highest BCUT2D eigenvalue weighted by molar-refractivity contribution is 6.31. The number of aromatic amines is 2. The molecule has 9 nitrogen and oxygen atoms in total. The quantitative estimate of drug-likeness (QED) is 0.120. The number of benzene rings is 3. The number of halogens is 6. The van der Waals surface area contributed by atoms with Crippen molar-refractivity contribution in [3.05, 3.63) is 98.1 Å². The highest BCUT2D eigenvalue weighted by Gasteiger charge is 2.26. The molecule has 0 unspecified atom stereocenters. The average molecular weight is 527 g/mol. The third-order valence-electron chi connectivity index (χ3n) is 4.34. The van der Waals surface area contributed by atoms with Crippen LogP contribution in [0.1, 0.15) is 0 Å². The summed E-state index contributed by atoms with van der Waals surface area (Å²) in [5.41, 5.74) is 5.14. The van der Waals surface area contributed by atoms with Crippen LogP contribution in [0.2, 0.25) is 0 Å². The van der Waals surface area contributed by atoms with Crippen molar-refractivity contribution >= 4 is 28.4 Å². The molecule has 4 rings (SSSR count). The fraction of sp³-hybridized carbons (Fsp3) is 0. The number of nitrogens with one attached hydrogen (secondary N) is 2. The van der Waals surface area contributed by atoms with Gasteiger partial charge in [0.2, 0.25) is 11.5 Å². The summed E-state index contributed by atoms with van der Waals surface area (Å²) in [4.78, 5) is 45.2. The van der Waals surface area contributed by atoms with Crippen molar-refractivity contribution in [1.29, 1.82) is 0 Å². The molecule has 0 spiro atoms. The second-order valence-corrected chi connectivity index (χ2v) is 6.85. The highest BCUT2D eigenvalue weighted by Crippen LogP contribution is 2.25. The Bertz CT molecular complexity index is 1540. The Balaban J connectivity index is 0.000000244. The van der Waals surface area contributed by atoms with E-state index in [2.05, 4.69) is 19.7 Å². The van der Waals surface area contributed by atoms with Gasteiger partial charge in [-0.05, 0) is 12.1 Å². The number of anilines is 1. The van der Waals surface area contributed by atoms with Crippen LogP contribution in [0.5, 0.6) is 11.5 Å². The summed E-state index contributed by atoms with van der Waals surface area (Å²) < 4.78 is 86.5. The van der Waals surface area contributed by atoms with Gasteiger partial charge in [-0.2, -0.15) is 0 Å². The number of hydrogen-bond donors (Lipinski definition) is 3. The number of ether oxygens (including phenoxy) is 2. The summed E-state index contributed by atoms with van der Waals surface area (Å²) in [6, 6.07) is 5.42. The summed E-state index contributed by atoms with van der Waals surface area (Å²) >= 11 is 0. The number of esters is 2. The van der Waals surface area contributed by atoms with Gasteiger partial charge in [0.15, 0.2) is 23.3 Å². The first kappa shape index (κ1) is 26.5. The second-order valence-electron chi connectivity index (χ2n) is 6.85. The van der Waals surface area contributed by atoms with E-state index in [0.717, 1.165) is 0 Å². The molecule has 4 aromatic rings. The Morgan fingerprint density at radius 2 is 1.08 bits per heavy atom. The van der Waals surface area contributed by atoms with Gasteiger partial charge in [-0.15, -0.1) is 0 Å². The summed E-state index contributed by atoms with van der Waals surface area (Å²) in [6.45, 7) is 0. The van der Waals surface area contributed by atoms with Crippen LogP contribution in [0.25, 0.3) is 10.8 Å². The maximum absolute atomic E-state index is 13.3. The third kappa shape index (κ3) is 5.95. The van der Waals surface area contributed by atoms with E-state index in [-0.39, 0.29) is 40.8 Å². The first-order valence-electron chi connectivity index (χ1n) is 9.61. The lowest BCUT2D eigenvalue weighted by Gasteiger charge is -2.08. The molecule has 0 saturated heterocycles. The zero-order chi connectivity index (χ0) is 27.4. The zero-order valence-corrected chi connectivity index (χ0v) is 17.8. The Labute approximate surface area is 200 Å². The molecule has 0 aliphatic heterocycles. The number of fused-ring (bicyclic) bond motifs is 1. The molecule has 1 heterocycles. The van der Waals surface area contributed by atoms with Crippen LogP contribution < -0.4 is 26.3 Å². The average Bonchev–Trinajstić information content (AvgIpc) is 2.81. The molecule has 0 aliphatic rings. The maximum Gasteiger partial charge on any atom is 0.423 e. The smallest absolute Gasteiger partial charge is 0.412 e. The number of hydrogen-bond acceptors (Lipinski definition) is 7. The monoisotopic (exact) mass is 527 g/mol. The van der Waals surface area contributed by atoms with Gasteiger partial charge in [-0.3, -0.25) is 19.8 Å². The topological polar surface area (TPSA) is 144 Å². The third-order valence-corrected chi connectivity index (χ3v) is 4.34. The van der Waals surface area contributed by atoms with Crippen molar-refractivity contribution in [3.63, 3.8) is 0 Å². The maximum atomic E-state index is 13.3. The van der Waals surface area contributed by atoms with E-state index in [1.54, 1.807) is 18.2 Å². The predicted octanol–water partition coefficient (Wildman–Crippen LogP) is 2.83. The Kier molecular flexibility index (Phi) is 7.65. The minimum Gasteiger partial charge on any atom is -0.412 e. The van der Waals surface area contributed by atoms with Crippen molar-refractivity contribution in [2.24, 2.45) is 0 Å². The normalized spacial score (nSPS) is 10.4.